The van der Waals surface area contributed by atoms with Crippen molar-refractivity contribution >= 4 is 35.0 Å². The molecule has 0 bridgehead atoms. The number of carbonyl (C=O) groups excluding carboxylic acids is 2. The van der Waals surface area contributed by atoms with Gasteiger partial charge in [0.2, 0.25) is 5.91 Å². The molecule has 1 aromatic rings. The number of nitrogens with zero attached hydrogens (tertiary/aromatic N) is 2. The van der Waals surface area contributed by atoms with E-state index in [2.05, 4.69) is 15.5 Å². The van der Waals surface area contributed by atoms with Gasteiger partial charge in [-0.25, -0.2) is 0 Å². The summed E-state index contributed by atoms with van der Waals surface area (Å²) in [4.78, 5) is 22.0. The van der Waals surface area contributed by atoms with Gasteiger partial charge in [0.05, 0.1) is 18.1 Å². The molecule has 1 saturated heterocycles. The van der Waals surface area contributed by atoms with Gasteiger partial charge in [0.1, 0.15) is 0 Å². The Morgan fingerprint density at radius 3 is 3.04 bits per heavy atom. The second kappa shape index (κ2) is 7.63. The first-order valence-electron chi connectivity index (χ1n) is 6.73. The molecular weight excluding hydrogens is 322 g/mol. The maximum absolute atomic E-state index is 11.5. The summed E-state index contributed by atoms with van der Waals surface area (Å²) in [5, 5.41) is 29.7. The van der Waals surface area contributed by atoms with Crippen LogP contribution in [0.2, 0.25) is 0 Å². The van der Waals surface area contributed by atoms with Gasteiger partial charge in [-0.1, -0.05) is 11.8 Å². The fourth-order valence-electron chi connectivity index (χ4n) is 1.77. The Morgan fingerprint density at radius 1 is 1.57 bits per heavy atom. The van der Waals surface area contributed by atoms with Crippen LogP contribution in [0.3, 0.4) is 0 Å². The Balaban J connectivity index is 2.02. The lowest BCUT2D eigenvalue weighted by atomic mass is 10.2. The number of carboxylic acid groups (broad SMARTS) is 1. The molecule has 2 N–H and O–H groups in total. The number of aliphatic carboxylic acids is 1. The molecule has 0 aromatic heterocycles. The second-order valence-electron chi connectivity index (χ2n) is 4.48. The maximum Gasteiger partial charge on any atom is 0.239 e. The number of amides is 1. The van der Waals surface area contributed by atoms with Crippen molar-refractivity contribution in [1.29, 1.82) is 0 Å². The zero-order chi connectivity index (χ0) is 16.8. The summed E-state index contributed by atoms with van der Waals surface area (Å²) in [5.41, 5.74) is 0.649. The van der Waals surface area contributed by atoms with Crippen molar-refractivity contribution in [1.82, 2.24) is 5.32 Å². The van der Waals surface area contributed by atoms with E-state index in [-0.39, 0.29) is 17.3 Å². The quantitative estimate of drug-likeness (QED) is 0.550. The molecule has 0 saturated carbocycles. The highest BCUT2D eigenvalue weighted by atomic mass is 32.2. The smallest absolute Gasteiger partial charge is 0.239 e. The lowest BCUT2D eigenvalue weighted by Gasteiger charge is -2.05. The number of phenolic OH excluding ortho intramolecular Hbond substituents is 1. The van der Waals surface area contributed by atoms with E-state index in [9.17, 15) is 19.8 Å². The van der Waals surface area contributed by atoms with E-state index < -0.39 is 17.1 Å². The summed E-state index contributed by atoms with van der Waals surface area (Å²) in [6.07, 6.45) is 1.04. The summed E-state index contributed by atoms with van der Waals surface area (Å²) in [6, 6.07) is 4.70. The highest BCUT2D eigenvalue weighted by Crippen LogP contribution is 2.26. The number of benzene rings is 1. The van der Waals surface area contributed by atoms with Crippen LogP contribution in [0.4, 0.5) is 0 Å². The summed E-state index contributed by atoms with van der Waals surface area (Å²) in [7, 11) is 0. The molecule has 1 atom stereocenters. The van der Waals surface area contributed by atoms with Crippen molar-refractivity contribution in [3.63, 3.8) is 0 Å². The number of carbonyl (C=O) groups is 2. The van der Waals surface area contributed by atoms with Crippen LogP contribution in [0.25, 0.3) is 0 Å². The predicted molar refractivity (Wildman–Crippen MR) is 83.5 cm³/mol. The van der Waals surface area contributed by atoms with Gasteiger partial charge < -0.3 is 25.1 Å². The first kappa shape index (κ1) is 16.8. The van der Waals surface area contributed by atoms with Crippen molar-refractivity contribution in [2.45, 2.75) is 18.6 Å². The van der Waals surface area contributed by atoms with E-state index in [0.717, 1.165) is 11.8 Å². The average molecular weight is 336 g/mol. The van der Waals surface area contributed by atoms with Crippen molar-refractivity contribution in [3.05, 3.63) is 23.8 Å². The topological polar surface area (TPSA) is 123 Å². The zero-order valence-corrected chi connectivity index (χ0v) is 13.0. The molecule has 0 unspecified atom stereocenters. The largest absolute Gasteiger partial charge is 0.550 e. The van der Waals surface area contributed by atoms with Crippen LogP contribution in [0.1, 0.15) is 18.9 Å². The number of hydrogen-bond donors (Lipinski definition) is 2. The molecule has 1 heterocycles. The minimum atomic E-state index is -1.30. The SMILES string of the molecule is CCOc1cc(/C=N/N=C2\NC(=O)[C@@H](CC(=O)[O-])S2)ccc1O. The number of hydrogen-bond acceptors (Lipinski definition) is 8. The summed E-state index contributed by atoms with van der Waals surface area (Å²) < 4.78 is 5.25. The van der Waals surface area contributed by atoms with Gasteiger partial charge in [-0.15, -0.1) is 5.10 Å². The number of thioether (sulfide) groups is 1. The van der Waals surface area contributed by atoms with Gasteiger partial charge in [-0.2, -0.15) is 5.10 Å². The third-order valence-corrected chi connectivity index (χ3v) is 3.84. The van der Waals surface area contributed by atoms with Gasteiger partial charge in [0, 0.05) is 12.4 Å². The van der Waals surface area contributed by atoms with Gasteiger partial charge in [-0.05, 0) is 30.7 Å². The Hall–Kier alpha value is -2.55. The Bertz CT molecular complexity index is 674. The van der Waals surface area contributed by atoms with E-state index in [1.165, 1.54) is 12.3 Å². The third-order valence-electron chi connectivity index (χ3n) is 2.77. The van der Waals surface area contributed by atoms with Crippen LogP contribution in [0, 0.1) is 0 Å². The van der Waals surface area contributed by atoms with Crippen molar-refractivity contribution in [2.24, 2.45) is 10.2 Å². The Morgan fingerprint density at radius 2 is 2.35 bits per heavy atom. The number of aromatic hydroxyl groups is 1. The van der Waals surface area contributed by atoms with E-state index in [0.29, 0.717) is 17.9 Å². The first-order chi connectivity index (χ1) is 11.0. The standard InChI is InChI=1S/C14H15N3O5S/c1-2-22-10-5-8(3-4-9(10)18)7-15-17-14-16-13(21)11(23-14)6-12(19)20/h3-5,7,11,18H,2,6H2,1H3,(H,19,20)(H,16,17,21)/p-1/b15-7+/t11-/m1/s1. The van der Waals surface area contributed by atoms with Crippen LogP contribution >= 0.6 is 11.8 Å². The third kappa shape index (κ3) is 4.71. The number of phenols is 1. The normalized spacial score (nSPS) is 19.3. The predicted octanol–water partition coefficient (Wildman–Crippen LogP) is -0.148. The molecule has 9 heteroatoms. The average Bonchev–Trinajstić information content (AvgIpc) is 2.82. The zero-order valence-electron chi connectivity index (χ0n) is 12.2. The Kier molecular flexibility index (Phi) is 5.58. The monoisotopic (exact) mass is 336 g/mol. The molecule has 1 aromatic carbocycles. The maximum atomic E-state index is 11.5. The van der Waals surface area contributed by atoms with Crippen LogP contribution < -0.4 is 15.2 Å². The highest BCUT2D eigenvalue weighted by molar-refractivity contribution is 8.15. The summed E-state index contributed by atoms with van der Waals surface area (Å²) in [5.74, 6) is -1.37. The molecule has 1 aliphatic rings. The Labute approximate surface area is 136 Å². The molecule has 0 aliphatic carbocycles. The molecular formula is C14H14N3O5S-. The van der Waals surface area contributed by atoms with Gasteiger partial charge >= 0.3 is 0 Å². The van der Waals surface area contributed by atoms with Crippen LogP contribution in [-0.4, -0.2) is 40.2 Å². The fourth-order valence-corrected chi connectivity index (χ4v) is 2.68. The molecule has 122 valence electrons. The van der Waals surface area contributed by atoms with Crippen molar-refractivity contribution in [2.75, 3.05) is 6.61 Å². The summed E-state index contributed by atoms with van der Waals surface area (Å²) in [6.45, 7) is 2.22. The second-order valence-corrected chi connectivity index (χ2v) is 5.67. The lowest BCUT2D eigenvalue weighted by molar-refractivity contribution is -0.305. The molecule has 0 radical (unpaired) electrons. The first-order valence-corrected chi connectivity index (χ1v) is 7.61. The molecule has 8 nitrogen and oxygen atoms in total. The van der Waals surface area contributed by atoms with Crippen LogP contribution in [-0.2, 0) is 9.59 Å². The fraction of sp³-hybridized carbons (Fsp3) is 0.286. The lowest BCUT2D eigenvalue weighted by Crippen LogP contribution is -2.31. The molecule has 23 heavy (non-hydrogen) atoms. The number of carboxylic acids is 1. The van der Waals surface area contributed by atoms with Gasteiger partial charge in [0.25, 0.3) is 0 Å². The molecule has 2 rings (SSSR count). The van der Waals surface area contributed by atoms with Crippen molar-refractivity contribution in [3.8, 4) is 11.5 Å². The molecule has 1 aliphatic heterocycles. The molecule has 0 spiro atoms. The van der Waals surface area contributed by atoms with Crippen molar-refractivity contribution < 1.29 is 24.5 Å². The van der Waals surface area contributed by atoms with Crippen LogP contribution in [0.15, 0.2) is 28.4 Å². The number of rotatable bonds is 6. The number of amidine groups is 1. The number of ether oxygens (including phenoxy) is 1. The number of nitrogens with one attached hydrogen (secondary N) is 1. The van der Waals surface area contributed by atoms with Crippen LogP contribution in [0.5, 0.6) is 11.5 Å². The minimum absolute atomic E-state index is 0.0269. The highest BCUT2D eigenvalue weighted by Gasteiger charge is 2.30. The molecule has 1 fully saturated rings. The van der Waals surface area contributed by atoms with Gasteiger partial charge in [0.15, 0.2) is 16.7 Å². The molecule has 1 amide bonds. The van der Waals surface area contributed by atoms with E-state index in [1.54, 1.807) is 19.1 Å². The van der Waals surface area contributed by atoms with E-state index >= 15 is 0 Å². The van der Waals surface area contributed by atoms with Gasteiger partial charge in [-0.3, -0.25) is 4.79 Å². The van der Waals surface area contributed by atoms with E-state index in [1.807, 2.05) is 0 Å². The minimum Gasteiger partial charge on any atom is -0.550 e. The van der Waals surface area contributed by atoms with E-state index in [4.69, 9.17) is 4.74 Å². The summed E-state index contributed by atoms with van der Waals surface area (Å²) >= 11 is 0.986.